The molecule has 0 unspecified atom stereocenters. The molecule has 0 bridgehead atoms. The summed E-state index contributed by atoms with van der Waals surface area (Å²) in [6.07, 6.45) is -4.45. The van der Waals surface area contributed by atoms with Crippen LogP contribution in [0.5, 0.6) is 11.5 Å². The van der Waals surface area contributed by atoms with Crippen LogP contribution in [-0.4, -0.2) is 19.2 Å². The predicted molar refractivity (Wildman–Crippen MR) is 103 cm³/mol. The number of hydrogen-bond donors (Lipinski definition) is 0. The van der Waals surface area contributed by atoms with E-state index in [0.717, 1.165) is 6.07 Å². The Morgan fingerprint density at radius 3 is 2.28 bits per heavy atom. The van der Waals surface area contributed by atoms with Crippen LogP contribution in [0.2, 0.25) is 0 Å². The highest BCUT2D eigenvalue weighted by Crippen LogP contribution is 2.38. The Balaban J connectivity index is 1.79. The van der Waals surface area contributed by atoms with Crippen molar-refractivity contribution in [3.63, 3.8) is 0 Å². The number of benzene rings is 3. The third kappa shape index (κ3) is 3.51. The predicted octanol–water partition coefficient (Wildman–Crippen LogP) is 6.20. The van der Waals surface area contributed by atoms with Crippen LogP contribution < -0.4 is 9.47 Å². The van der Waals surface area contributed by atoms with Gasteiger partial charge in [-0.15, -0.1) is 0 Å². The number of rotatable bonds is 4. The molecule has 0 aliphatic rings. The molecule has 0 N–H and O–H groups in total. The van der Waals surface area contributed by atoms with E-state index in [1.165, 1.54) is 26.4 Å². The molecule has 3 aromatic carbocycles. The van der Waals surface area contributed by atoms with Crippen LogP contribution in [0.4, 0.5) is 13.2 Å². The molecule has 7 heteroatoms. The molecule has 1 aromatic heterocycles. The molecule has 0 saturated carbocycles. The van der Waals surface area contributed by atoms with Crippen molar-refractivity contribution in [2.75, 3.05) is 14.2 Å². The largest absolute Gasteiger partial charge is 0.493 e. The number of oxazole rings is 1. The molecule has 0 atom stereocenters. The maximum Gasteiger partial charge on any atom is 0.417 e. The van der Waals surface area contributed by atoms with Gasteiger partial charge in [-0.2, -0.15) is 13.2 Å². The van der Waals surface area contributed by atoms with Gasteiger partial charge in [-0.1, -0.05) is 24.3 Å². The van der Waals surface area contributed by atoms with Crippen molar-refractivity contribution in [2.24, 2.45) is 0 Å². The summed E-state index contributed by atoms with van der Waals surface area (Å²) >= 11 is 0. The number of halogens is 3. The Kier molecular flexibility index (Phi) is 4.66. The van der Waals surface area contributed by atoms with Gasteiger partial charge in [-0.25, -0.2) is 4.98 Å². The molecule has 0 radical (unpaired) electrons. The summed E-state index contributed by atoms with van der Waals surface area (Å²) in [6.45, 7) is 0. The van der Waals surface area contributed by atoms with Crippen LogP contribution in [0, 0.1) is 0 Å². The fourth-order valence-corrected chi connectivity index (χ4v) is 3.17. The lowest BCUT2D eigenvalue weighted by Crippen LogP contribution is -2.06. The molecule has 0 amide bonds. The Bertz CT molecular complexity index is 1180. The van der Waals surface area contributed by atoms with Crippen molar-refractivity contribution in [1.29, 1.82) is 0 Å². The van der Waals surface area contributed by atoms with E-state index in [9.17, 15) is 13.2 Å². The normalized spacial score (nSPS) is 11.6. The molecule has 4 rings (SSSR count). The van der Waals surface area contributed by atoms with Gasteiger partial charge in [0.25, 0.3) is 0 Å². The Hall–Kier alpha value is -3.48. The lowest BCUT2D eigenvalue weighted by atomic mass is 9.99. The van der Waals surface area contributed by atoms with Crippen LogP contribution in [0.1, 0.15) is 5.56 Å². The highest BCUT2D eigenvalue weighted by Gasteiger charge is 2.33. The third-order valence-electron chi connectivity index (χ3n) is 4.56. The van der Waals surface area contributed by atoms with Crippen LogP contribution in [0.25, 0.3) is 33.7 Å². The molecule has 29 heavy (non-hydrogen) atoms. The molecule has 0 saturated heterocycles. The minimum Gasteiger partial charge on any atom is -0.493 e. The molecule has 0 fully saturated rings. The Labute approximate surface area is 164 Å². The molecule has 0 aliphatic heterocycles. The Morgan fingerprint density at radius 1 is 0.828 bits per heavy atom. The average molecular weight is 399 g/mol. The molecule has 148 valence electrons. The van der Waals surface area contributed by atoms with Gasteiger partial charge < -0.3 is 13.9 Å². The fourth-order valence-electron chi connectivity index (χ4n) is 3.17. The first-order valence-electron chi connectivity index (χ1n) is 8.70. The number of ether oxygens (including phenoxy) is 2. The molecular formula is C22H16F3NO3. The summed E-state index contributed by atoms with van der Waals surface area (Å²) in [4.78, 5) is 4.43. The van der Waals surface area contributed by atoms with Gasteiger partial charge in [0, 0.05) is 5.56 Å². The number of fused-ring (bicyclic) bond motifs is 1. The summed E-state index contributed by atoms with van der Waals surface area (Å²) in [6, 6.07) is 15.5. The zero-order chi connectivity index (χ0) is 20.6. The summed E-state index contributed by atoms with van der Waals surface area (Å²) in [7, 11) is 3.06. The van der Waals surface area contributed by atoms with Gasteiger partial charge in [0.05, 0.1) is 19.8 Å². The summed E-state index contributed by atoms with van der Waals surface area (Å²) in [5.41, 5.74) is 1.40. The third-order valence-corrected chi connectivity index (χ3v) is 4.56. The monoisotopic (exact) mass is 399 g/mol. The minimum absolute atomic E-state index is 0.0889. The van der Waals surface area contributed by atoms with E-state index in [1.54, 1.807) is 42.5 Å². The summed E-state index contributed by atoms with van der Waals surface area (Å²) in [5.74, 6) is 1.42. The van der Waals surface area contributed by atoms with E-state index >= 15 is 0 Å². The van der Waals surface area contributed by atoms with E-state index in [-0.39, 0.29) is 5.56 Å². The van der Waals surface area contributed by atoms with Crippen LogP contribution in [0.15, 0.2) is 65.1 Å². The second-order valence-corrected chi connectivity index (χ2v) is 6.31. The number of hydrogen-bond acceptors (Lipinski definition) is 4. The van der Waals surface area contributed by atoms with E-state index in [2.05, 4.69) is 4.98 Å². The van der Waals surface area contributed by atoms with Crippen LogP contribution in [-0.2, 0) is 6.18 Å². The number of aromatic nitrogens is 1. The van der Waals surface area contributed by atoms with Crippen molar-refractivity contribution >= 4 is 11.1 Å². The molecule has 0 aliphatic carbocycles. The van der Waals surface area contributed by atoms with Crippen molar-refractivity contribution in [3.05, 3.63) is 66.2 Å². The van der Waals surface area contributed by atoms with Gasteiger partial charge in [0.15, 0.2) is 17.1 Å². The average Bonchev–Trinajstić information content (AvgIpc) is 3.16. The van der Waals surface area contributed by atoms with Crippen molar-refractivity contribution in [2.45, 2.75) is 6.18 Å². The van der Waals surface area contributed by atoms with Gasteiger partial charge in [0.1, 0.15) is 5.52 Å². The first-order valence-corrected chi connectivity index (χ1v) is 8.70. The van der Waals surface area contributed by atoms with Crippen molar-refractivity contribution in [3.8, 4) is 34.1 Å². The second kappa shape index (κ2) is 7.16. The first-order chi connectivity index (χ1) is 13.9. The van der Waals surface area contributed by atoms with Crippen molar-refractivity contribution in [1.82, 2.24) is 4.98 Å². The lowest BCUT2D eigenvalue weighted by Gasteiger charge is -2.12. The molecule has 1 heterocycles. The zero-order valence-electron chi connectivity index (χ0n) is 15.6. The standard InChI is InChI=1S/C22H16F3NO3/c1-27-18-10-8-14(12-20(18)28-2)21-26-17-9-7-13(11-19(17)29-21)15-5-3-4-6-16(15)22(23,24)25/h3-12H,1-2H3. The number of alkyl halides is 3. The second-order valence-electron chi connectivity index (χ2n) is 6.31. The van der Waals surface area contributed by atoms with Gasteiger partial charge in [-0.05, 0) is 47.5 Å². The lowest BCUT2D eigenvalue weighted by molar-refractivity contribution is -0.137. The van der Waals surface area contributed by atoms with E-state index in [0.29, 0.717) is 39.6 Å². The van der Waals surface area contributed by atoms with Gasteiger partial charge in [0.2, 0.25) is 5.89 Å². The quantitative estimate of drug-likeness (QED) is 0.410. The van der Waals surface area contributed by atoms with E-state index in [1.807, 2.05) is 0 Å². The van der Waals surface area contributed by atoms with Crippen LogP contribution >= 0.6 is 0 Å². The maximum atomic E-state index is 13.3. The number of methoxy groups -OCH3 is 2. The molecule has 0 spiro atoms. The molecule has 4 aromatic rings. The zero-order valence-corrected chi connectivity index (χ0v) is 15.6. The van der Waals surface area contributed by atoms with E-state index in [4.69, 9.17) is 13.9 Å². The van der Waals surface area contributed by atoms with Gasteiger partial charge >= 0.3 is 6.18 Å². The molecule has 4 nitrogen and oxygen atoms in total. The van der Waals surface area contributed by atoms with Crippen molar-refractivity contribution < 1.29 is 27.1 Å². The topological polar surface area (TPSA) is 44.5 Å². The highest BCUT2D eigenvalue weighted by atomic mass is 19.4. The summed E-state index contributed by atoms with van der Waals surface area (Å²) < 4.78 is 56.4. The smallest absolute Gasteiger partial charge is 0.417 e. The van der Waals surface area contributed by atoms with Crippen LogP contribution in [0.3, 0.4) is 0 Å². The van der Waals surface area contributed by atoms with Gasteiger partial charge in [-0.3, -0.25) is 0 Å². The number of nitrogens with zero attached hydrogens (tertiary/aromatic N) is 1. The molecular weight excluding hydrogens is 383 g/mol. The van der Waals surface area contributed by atoms with E-state index < -0.39 is 11.7 Å². The Morgan fingerprint density at radius 2 is 1.55 bits per heavy atom. The summed E-state index contributed by atoms with van der Waals surface area (Å²) in [5, 5.41) is 0. The first kappa shape index (κ1) is 18.9. The minimum atomic E-state index is -4.45. The maximum absolute atomic E-state index is 13.3. The fraction of sp³-hybridized carbons (Fsp3) is 0.136. The highest BCUT2D eigenvalue weighted by molar-refractivity contribution is 5.83. The SMILES string of the molecule is COc1ccc(-c2nc3ccc(-c4ccccc4C(F)(F)F)cc3o2)cc1OC.